The zero-order valence-electron chi connectivity index (χ0n) is 10.1. The summed E-state index contributed by atoms with van der Waals surface area (Å²) in [6, 6.07) is 13.2. The highest BCUT2D eigenvalue weighted by atomic mass is 79.9. The van der Waals surface area contributed by atoms with E-state index < -0.39 is 0 Å². The van der Waals surface area contributed by atoms with Crippen LogP contribution >= 0.6 is 39.1 Å². The minimum Gasteiger partial charge on any atom is -0.338 e. The maximum Gasteiger partial charge on any atom is 0.224 e. The summed E-state index contributed by atoms with van der Waals surface area (Å²) >= 11 is 15.5. The predicted molar refractivity (Wildman–Crippen MR) is 87.0 cm³/mol. The van der Waals surface area contributed by atoms with E-state index in [0.717, 1.165) is 21.1 Å². The van der Waals surface area contributed by atoms with Crippen LogP contribution < -0.4 is 5.32 Å². The number of nitrogens with zero attached hydrogens (tertiary/aromatic N) is 2. The van der Waals surface area contributed by atoms with Crippen LogP contribution in [-0.4, -0.2) is 9.97 Å². The maximum atomic E-state index is 6.20. The number of hydrogen-bond donors (Lipinski definition) is 1. The minimum absolute atomic E-state index is 0.194. The van der Waals surface area contributed by atoms with Crippen molar-refractivity contribution >= 4 is 61.5 Å². The lowest BCUT2D eigenvalue weighted by molar-refractivity contribution is 1.22. The van der Waals surface area contributed by atoms with Crippen LogP contribution in [0.25, 0.3) is 10.9 Å². The molecule has 20 heavy (non-hydrogen) atoms. The molecule has 0 bridgehead atoms. The first-order chi connectivity index (χ1) is 9.63. The van der Waals surface area contributed by atoms with Gasteiger partial charge in [-0.3, -0.25) is 0 Å². The largest absolute Gasteiger partial charge is 0.338 e. The molecule has 1 N–H and O–H groups in total. The van der Waals surface area contributed by atoms with E-state index in [1.165, 1.54) is 0 Å². The zero-order chi connectivity index (χ0) is 14.1. The number of hydrogen-bond acceptors (Lipinski definition) is 3. The number of aromatic nitrogens is 2. The molecule has 3 aromatic rings. The summed E-state index contributed by atoms with van der Waals surface area (Å²) in [4.78, 5) is 8.42. The fourth-order valence-electron chi connectivity index (χ4n) is 1.86. The minimum atomic E-state index is 0.194. The first-order valence-corrected chi connectivity index (χ1v) is 7.33. The molecule has 1 aromatic heterocycles. The Morgan fingerprint density at radius 3 is 2.60 bits per heavy atom. The lowest BCUT2D eigenvalue weighted by Gasteiger charge is -2.10. The second-order valence-electron chi connectivity index (χ2n) is 4.11. The summed E-state index contributed by atoms with van der Waals surface area (Å²) in [5, 5.41) is 4.87. The van der Waals surface area contributed by atoms with E-state index in [-0.39, 0.29) is 5.28 Å². The van der Waals surface area contributed by atoms with E-state index in [2.05, 4.69) is 31.2 Å². The van der Waals surface area contributed by atoms with Crippen molar-refractivity contribution in [1.29, 1.82) is 0 Å². The van der Waals surface area contributed by atoms with Gasteiger partial charge in [0.05, 0.1) is 16.2 Å². The molecule has 6 heteroatoms. The number of rotatable bonds is 2. The molecule has 0 aliphatic heterocycles. The number of nitrogens with one attached hydrogen (secondary N) is 1. The summed E-state index contributed by atoms with van der Waals surface area (Å²) in [7, 11) is 0. The molecule has 1 heterocycles. The molecule has 0 unspecified atom stereocenters. The number of fused-ring (bicyclic) bond motifs is 1. The van der Waals surface area contributed by atoms with E-state index in [0.29, 0.717) is 10.8 Å². The van der Waals surface area contributed by atoms with Gasteiger partial charge < -0.3 is 5.32 Å². The fraction of sp³-hybridized carbons (Fsp3) is 0. The second-order valence-corrected chi connectivity index (χ2v) is 5.77. The molecule has 0 fully saturated rings. The molecule has 0 atom stereocenters. The SMILES string of the molecule is Clc1nc(Nc2ccc(Br)cc2Cl)c2ccccc2n1. The Morgan fingerprint density at radius 2 is 1.80 bits per heavy atom. The molecule has 0 saturated carbocycles. The van der Waals surface area contributed by atoms with Gasteiger partial charge in [0.25, 0.3) is 0 Å². The van der Waals surface area contributed by atoms with Crippen molar-refractivity contribution in [3.8, 4) is 0 Å². The van der Waals surface area contributed by atoms with Gasteiger partial charge in [-0.25, -0.2) is 4.98 Å². The lowest BCUT2D eigenvalue weighted by atomic mass is 10.2. The average molecular weight is 369 g/mol. The van der Waals surface area contributed by atoms with E-state index in [1.807, 2.05) is 42.5 Å². The molecule has 0 amide bonds. The summed E-state index contributed by atoms with van der Waals surface area (Å²) in [6.07, 6.45) is 0. The Labute approximate surface area is 134 Å². The van der Waals surface area contributed by atoms with Crippen molar-refractivity contribution in [3.63, 3.8) is 0 Å². The van der Waals surface area contributed by atoms with Crippen molar-refractivity contribution < 1.29 is 0 Å². The van der Waals surface area contributed by atoms with E-state index in [9.17, 15) is 0 Å². The first kappa shape index (κ1) is 13.6. The topological polar surface area (TPSA) is 37.8 Å². The molecule has 0 aliphatic carbocycles. The summed E-state index contributed by atoms with van der Waals surface area (Å²) in [5.74, 6) is 0.629. The summed E-state index contributed by atoms with van der Waals surface area (Å²) in [6.45, 7) is 0. The lowest BCUT2D eigenvalue weighted by Crippen LogP contribution is -1.97. The van der Waals surface area contributed by atoms with Crippen LogP contribution in [0.15, 0.2) is 46.9 Å². The Balaban J connectivity index is 2.10. The van der Waals surface area contributed by atoms with Gasteiger partial charge in [-0.1, -0.05) is 39.7 Å². The molecular weight excluding hydrogens is 361 g/mol. The Kier molecular flexibility index (Phi) is 3.78. The fourth-order valence-corrected chi connectivity index (χ4v) is 2.76. The van der Waals surface area contributed by atoms with Crippen LogP contribution in [-0.2, 0) is 0 Å². The molecule has 0 spiro atoms. The third-order valence-corrected chi connectivity index (χ3v) is 3.74. The van der Waals surface area contributed by atoms with Gasteiger partial charge in [-0.15, -0.1) is 0 Å². The van der Waals surface area contributed by atoms with Gasteiger partial charge in [0.15, 0.2) is 0 Å². The van der Waals surface area contributed by atoms with Crippen molar-refractivity contribution in [3.05, 3.63) is 57.2 Å². The normalized spacial score (nSPS) is 10.8. The molecular formula is C14H8BrCl2N3. The quantitative estimate of drug-likeness (QED) is 0.611. The molecule has 0 saturated heterocycles. The summed E-state index contributed by atoms with van der Waals surface area (Å²) < 4.78 is 0.915. The van der Waals surface area contributed by atoms with Crippen molar-refractivity contribution in [2.45, 2.75) is 0 Å². The van der Waals surface area contributed by atoms with Crippen molar-refractivity contribution in [2.75, 3.05) is 5.32 Å². The number of anilines is 2. The monoisotopic (exact) mass is 367 g/mol. The van der Waals surface area contributed by atoms with Gasteiger partial charge in [-0.2, -0.15) is 4.98 Å². The Hall–Kier alpha value is -1.36. The average Bonchev–Trinajstić information content (AvgIpc) is 2.41. The highest BCUT2D eigenvalue weighted by Gasteiger charge is 2.08. The smallest absolute Gasteiger partial charge is 0.224 e. The van der Waals surface area contributed by atoms with Gasteiger partial charge in [0, 0.05) is 9.86 Å². The first-order valence-electron chi connectivity index (χ1n) is 5.78. The maximum absolute atomic E-state index is 6.20. The molecule has 2 aromatic carbocycles. The van der Waals surface area contributed by atoms with Gasteiger partial charge in [0.2, 0.25) is 5.28 Å². The predicted octanol–water partition coefficient (Wildman–Crippen LogP) is 5.44. The Bertz CT molecular complexity index is 792. The number of halogens is 3. The molecule has 3 rings (SSSR count). The van der Waals surface area contributed by atoms with E-state index in [1.54, 1.807) is 0 Å². The third kappa shape index (κ3) is 2.73. The number of para-hydroxylation sites is 1. The third-order valence-electron chi connectivity index (χ3n) is 2.76. The van der Waals surface area contributed by atoms with Crippen LogP contribution in [0, 0.1) is 0 Å². The van der Waals surface area contributed by atoms with Crippen LogP contribution in [0.5, 0.6) is 0 Å². The highest BCUT2D eigenvalue weighted by Crippen LogP contribution is 2.30. The van der Waals surface area contributed by atoms with Gasteiger partial charge >= 0.3 is 0 Å². The Morgan fingerprint density at radius 1 is 1.00 bits per heavy atom. The molecule has 3 nitrogen and oxygen atoms in total. The van der Waals surface area contributed by atoms with E-state index in [4.69, 9.17) is 23.2 Å². The van der Waals surface area contributed by atoms with E-state index >= 15 is 0 Å². The molecule has 0 radical (unpaired) electrons. The zero-order valence-corrected chi connectivity index (χ0v) is 13.2. The van der Waals surface area contributed by atoms with Crippen LogP contribution in [0.4, 0.5) is 11.5 Å². The van der Waals surface area contributed by atoms with Gasteiger partial charge in [-0.05, 0) is 41.9 Å². The van der Waals surface area contributed by atoms with Crippen LogP contribution in [0.2, 0.25) is 10.3 Å². The standard InChI is InChI=1S/C14H8BrCl2N3/c15-8-5-6-12(10(16)7-8)18-13-9-3-1-2-4-11(9)19-14(17)20-13/h1-7H,(H,18,19,20). The number of benzene rings is 2. The van der Waals surface area contributed by atoms with Crippen LogP contribution in [0.1, 0.15) is 0 Å². The van der Waals surface area contributed by atoms with Crippen molar-refractivity contribution in [2.24, 2.45) is 0 Å². The summed E-state index contributed by atoms with van der Waals surface area (Å²) in [5.41, 5.74) is 1.54. The van der Waals surface area contributed by atoms with Gasteiger partial charge in [0.1, 0.15) is 5.82 Å². The second kappa shape index (κ2) is 5.56. The molecule has 100 valence electrons. The van der Waals surface area contributed by atoms with Crippen LogP contribution in [0.3, 0.4) is 0 Å². The van der Waals surface area contributed by atoms with Crippen molar-refractivity contribution in [1.82, 2.24) is 9.97 Å². The highest BCUT2D eigenvalue weighted by molar-refractivity contribution is 9.10. The molecule has 0 aliphatic rings.